The third kappa shape index (κ3) is 4.74. The van der Waals surface area contributed by atoms with E-state index in [9.17, 15) is 15.8 Å². The molecule has 0 atom stereocenters. The Hall–Kier alpha value is -8.37. The van der Waals surface area contributed by atoms with Crippen LogP contribution in [0.2, 0.25) is 0 Å². The Morgan fingerprint density at radius 2 is 0.825 bits per heavy atom. The first-order valence-electron chi connectivity index (χ1n) is 18.7. The van der Waals surface area contributed by atoms with E-state index in [4.69, 9.17) is 0 Å². The summed E-state index contributed by atoms with van der Waals surface area (Å²) in [5.41, 5.74) is 12.8. The third-order valence-corrected chi connectivity index (χ3v) is 11.3. The predicted molar refractivity (Wildman–Crippen MR) is 229 cm³/mol. The van der Waals surface area contributed by atoms with E-state index in [-0.39, 0.29) is 0 Å². The maximum Gasteiger partial charge on any atom is 0.0992 e. The second kappa shape index (κ2) is 12.3. The number of benzene rings is 8. The van der Waals surface area contributed by atoms with Crippen LogP contribution < -0.4 is 0 Å². The molecule has 0 fully saturated rings. The summed E-state index contributed by atoms with van der Waals surface area (Å²) in [7, 11) is 0. The molecular weight excluding hydrogens is 697 g/mol. The standard InChI is InChI=1S/C51H28N6/c52-29-32-16-22-47-42(26-32)41-10-3-4-11-44(41)56(47)38-25-34(31-54)24-36(28-38)35-18-20-37(21-19-35)55-48-23-17-33(30-53)27-43(48)51-49(55)14-7-15-50(51)57-45-12-5-1-8-39(45)40-9-2-6-13-46(40)57/h1-28H. The maximum absolute atomic E-state index is 10.2. The van der Waals surface area contributed by atoms with Crippen molar-refractivity contribution >= 4 is 65.4 Å². The molecule has 57 heavy (non-hydrogen) atoms. The van der Waals surface area contributed by atoms with Gasteiger partial charge >= 0.3 is 0 Å². The van der Waals surface area contributed by atoms with E-state index >= 15 is 0 Å². The molecule has 262 valence electrons. The predicted octanol–water partition coefficient (Wildman–Crippen LogP) is 12.3. The molecule has 0 aliphatic heterocycles. The monoisotopic (exact) mass is 724 g/mol. The summed E-state index contributed by atoms with van der Waals surface area (Å²) in [6.07, 6.45) is 0. The second-order valence-corrected chi connectivity index (χ2v) is 14.3. The Labute approximate surface area is 326 Å². The number of nitriles is 3. The molecule has 0 saturated heterocycles. The van der Waals surface area contributed by atoms with Gasteiger partial charge in [0.1, 0.15) is 0 Å². The van der Waals surface area contributed by atoms with Crippen LogP contribution in [0.15, 0.2) is 170 Å². The molecule has 11 rings (SSSR count). The van der Waals surface area contributed by atoms with Crippen LogP contribution in [-0.2, 0) is 0 Å². The second-order valence-electron chi connectivity index (χ2n) is 14.3. The molecule has 0 N–H and O–H groups in total. The fourth-order valence-corrected chi connectivity index (χ4v) is 8.86. The molecule has 0 spiro atoms. The van der Waals surface area contributed by atoms with E-state index in [1.165, 1.54) is 10.8 Å². The average molecular weight is 725 g/mol. The molecular formula is C51H28N6. The van der Waals surface area contributed by atoms with Crippen molar-refractivity contribution in [2.75, 3.05) is 0 Å². The van der Waals surface area contributed by atoms with Gasteiger partial charge in [-0.1, -0.05) is 72.8 Å². The van der Waals surface area contributed by atoms with E-state index in [1.807, 2.05) is 60.7 Å². The molecule has 0 aliphatic carbocycles. The number of hydrogen-bond donors (Lipinski definition) is 0. The molecule has 11 aromatic rings. The lowest BCUT2D eigenvalue weighted by Gasteiger charge is -2.13. The summed E-state index contributed by atoms with van der Waals surface area (Å²) < 4.78 is 6.79. The number of para-hydroxylation sites is 3. The Morgan fingerprint density at radius 3 is 1.46 bits per heavy atom. The van der Waals surface area contributed by atoms with Crippen LogP contribution in [-0.4, -0.2) is 13.7 Å². The van der Waals surface area contributed by atoms with E-state index < -0.39 is 0 Å². The molecule has 0 saturated carbocycles. The van der Waals surface area contributed by atoms with Crippen LogP contribution in [0, 0.1) is 34.0 Å². The van der Waals surface area contributed by atoms with Crippen molar-refractivity contribution in [3.05, 3.63) is 187 Å². The van der Waals surface area contributed by atoms with Crippen LogP contribution in [0.1, 0.15) is 16.7 Å². The molecule has 3 aromatic heterocycles. The number of rotatable bonds is 4. The fourth-order valence-electron chi connectivity index (χ4n) is 8.86. The molecule has 8 aromatic carbocycles. The van der Waals surface area contributed by atoms with Crippen LogP contribution in [0.3, 0.4) is 0 Å². The van der Waals surface area contributed by atoms with Crippen molar-refractivity contribution in [1.29, 1.82) is 15.8 Å². The van der Waals surface area contributed by atoms with Gasteiger partial charge in [-0.25, -0.2) is 0 Å². The summed E-state index contributed by atoms with van der Waals surface area (Å²) in [6, 6.07) is 64.8. The lowest BCUT2D eigenvalue weighted by atomic mass is 10.0. The van der Waals surface area contributed by atoms with E-state index in [0.29, 0.717) is 16.7 Å². The minimum Gasteiger partial charge on any atom is -0.309 e. The SMILES string of the molecule is N#Cc1cc(-c2ccc(-n3c4ccc(C#N)cc4c4c(-n5c6ccccc6c6ccccc65)cccc43)cc2)cc(-n2c3ccccc3c3cc(C#N)ccc32)c1. The van der Waals surface area contributed by atoms with Gasteiger partial charge in [-0.2, -0.15) is 15.8 Å². The van der Waals surface area contributed by atoms with Crippen molar-refractivity contribution < 1.29 is 0 Å². The normalized spacial score (nSPS) is 11.5. The van der Waals surface area contributed by atoms with Gasteiger partial charge in [0, 0.05) is 43.7 Å². The van der Waals surface area contributed by atoms with Gasteiger partial charge in [0.25, 0.3) is 0 Å². The van der Waals surface area contributed by atoms with Gasteiger partial charge in [-0.05, 0) is 108 Å². The van der Waals surface area contributed by atoms with Crippen LogP contribution in [0.25, 0.3) is 93.6 Å². The highest BCUT2D eigenvalue weighted by molar-refractivity contribution is 6.17. The number of aromatic nitrogens is 3. The Kier molecular flexibility index (Phi) is 6.95. The van der Waals surface area contributed by atoms with Crippen molar-refractivity contribution in [1.82, 2.24) is 13.7 Å². The third-order valence-electron chi connectivity index (χ3n) is 11.3. The fraction of sp³-hybridized carbons (Fsp3) is 0. The van der Waals surface area contributed by atoms with Gasteiger partial charge in [-0.3, -0.25) is 0 Å². The Morgan fingerprint density at radius 1 is 0.316 bits per heavy atom. The van der Waals surface area contributed by atoms with Gasteiger partial charge in [0.15, 0.2) is 0 Å². The van der Waals surface area contributed by atoms with Crippen molar-refractivity contribution in [3.63, 3.8) is 0 Å². The minimum absolute atomic E-state index is 0.555. The highest BCUT2D eigenvalue weighted by Gasteiger charge is 2.20. The van der Waals surface area contributed by atoms with Crippen molar-refractivity contribution in [2.45, 2.75) is 0 Å². The van der Waals surface area contributed by atoms with Gasteiger partial charge in [-0.15, -0.1) is 0 Å². The summed E-state index contributed by atoms with van der Waals surface area (Å²) >= 11 is 0. The molecule has 0 amide bonds. The van der Waals surface area contributed by atoms with Gasteiger partial charge in [0.05, 0.1) is 73.7 Å². The summed E-state index contributed by atoms with van der Waals surface area (Å²) in [5, 5.41) is 36.4. The smallest absolute Gasteiger partial charge is 0.0992 e. The van der Waals surface area contributed by atoms with Crippen LogP contribution in [0.4, 0.5) is 0 Å². The number of fused-ring (bicyclic) bond motifs is 9. The zero-order valence-corrected chi connectivity index (χ0v) is 30.3. The van der Waals surface area contributed by atoms with Crippen LogP contribution in [0.5, 0.6) is 0 Å². The molecule has 3 heterocycles. The van der Waals surface area contributed by atoms with E-state index in [0.717, 1.165) is 82.8 Å². The highest BCUT2D eigenvalue weighted by Crippen LogP contribution is 2.41. The maximum atomic E-state index is 10.2. The molecule has 0 bridgehead atoms. The van der Waals surface area contributed by atoms with Crippen LogP contribution >= 0.6 is 0 Å². The van der Waals surface area contributed by atoms with Crippen molar-refractivity contribution in [3.8, 4) is 46.4 Å². The minimum atomic E-state index is 0.555. The van der Waals surface area contributed by atoms with Gasteiger partial charge < -0.3 is 13.7 Å². The number of nitrogens with zero attached hydrogens (tertiary/aromatic N) is 6. The van der Waals surface area contributed by atoms with E-state index in [2.05, 4.69) is 141 Å². The molecule has 6 nitrogen and oxygen atoms in total. The topological polar surface area (TPSA) is 86.2 Å². The zero-order chi connectivity index (χ0) is 38.2. The highest BCUT2D eigenvalue weighted by atomic mass is 15.0. The zero-order valence-electron chi connectivity index (χ0n) is 30.3. The van der Waals surface area contributed by atoms with E-state index in [1.54, 1.807) is 0 Å². The quantitative estimate of drug-likeness (QED) is 0.181. The largest absolute Gasteiger partial charge is 0.309 e. The molecule has 0 radical (unpaired) electrons. The number of hydrogen-bond acceptors (Lipinski definition) is 3. The summed E-state index contributed by atoms with van der Waals surface area (Å²) in [4.78, 5) is 0. The average Bonchev–Trinajstić information content (AvgIpc) is 3.91. The first-order valence-corrected chi connectivity index (χ1v) is 18.7. The Balaban J connectivity index is 1.09. The molecule has 0 aliphatic rings. The lowest BCUT2D eigenvalue weighted by Crippen LogP contribution is -1.97. The summed E-state index contributed by atoms with van der Waals surface area (Å²) in [5.74, 6) is 0. The Bertz CT molecular complexity index is 3560. The molecule has 0 unspecified atom stereocenters. The lowest BCUT2D eigenvalue weighted by molar-refractivity contribution is 1.17. The first-order chi connectivity index (χ1) is 28.1. The van der Waals surface area contributed by atoms with Crippen molar-refractivity contribution in [2.24, 2.45) is 0 Å². The molecule has 6 heteroatoms. The van der Waals surface area contributed by atoms with Gasteiger partial charge in [0.2, 0.25) is 0 Å². The first kappa shape index (κ1) is 32.1. The summed E-state index contributed by atoms with van der Waals surface area (Å²) in [6.45, 7) is 0.